The predicted octanol–water partition coefficient (Wildman–Crippen LogP) is 9.01. The molecule has 11 rings (SSSR count). The number of pyridine rings is 2. The number of para-hydroxylation sites is 4. The third-order valence-electron chi connectivity index (χ3n) is 10.8. The maximum Gasteiger partial charge on any atom is 0.142 e. The minimum Gasteiger partial charge on any atom is -0.348 e. The Kier molecular flexibility index (Phi) is 6.41. The van der Waals surface area contributed by atoms with Gasteiger partial charge >= 0.3 is 0 Å². The summed E-state index contributed by atoms with van der Waals surface area (Å²) < 4.78 is 1.09. The highest BCUT2D eigenvalue weighted by molar-refractivity contribution is 7.18. The molecule has 0 radical (unpaired) electrons. The molecule has 2 atom stereocenters. The average Bonchev–Trinajstić information content (AvgIpc) is 4.02. The molecule has 53 heavy (non-hydrogen) atoms. The minimum absolute atomic E-state index is 0.542. The zero-order valence-electron chi connectivity index (χ0n) is 28.2. The first-order chi connectivity index (χ1) is 26.3. The summed E-state index contributed by atoms with van der Waals surface area (Å²) in [5.74, 6) is 1.54. The van der Waals surface area contributed by atoms with E-state index in [1.54, 1.807) is 11.3 Å². The maximum atomic E-state index is 5.66. The Morgan fingerprint density at radius 2 is 1.45 bits per heavy atom. The second-order valence-corrected chi connectivity index (χ2v) is 14.5. The Labute approximate surface area is 307 Å². The number of fused-ring (bicyclic) bond motifs is 5. The van der Waals surface area contributed by atoms with Crippen molar-refractivity contribution in [2.45, 2.75) is 17.4 Å². The Hall–Kier alpha value is -6.78. The van der Waals surface area contributed by atoms with Crippen molar-refractivity contribution in [2.75, 3.05) is 4.90 Å². The lowest BCUT2D eigenvalue weighted by atomic mass is 9.57. The standard InChI is InChI=1S/C43H29N9S/c1-4-13-30-27(10-1)22-23-44-39(30)52-35-18-7-3-12-29(35)26-42(40-45-24-25-46-40,41-48-33-16-6-8-19-36(33)53-41)43(52,31-14-9-17-34-38(31)50-51-49-34)37-21-20-28-11-2-5-15-32(28)47-37/h1-25H,26H2,(H,45,46)(H,49,50,51). The normalized spacial score (nSPS) is 18.6. The zero-order chi connectivity index (χ0) is 35.0. The SMILES string of the molecule is c1ccc2c(c1)CC(c1ncc[nH]1)(c1nc3ccccc3s1)C(c1ccc3ccccc3n1)(c1cccc3n[nH]nc13)N2c1nccc2ccccc12. The number of hydrogen-bond acceptors (Lipinski definition) is 8. The number of imidazole rings is 1. The number of H-pyrrole nitrogens is 2. The maximum absolute atomic E-state index is 5.66. The molecule has 0 amide bonds. The van der Waals surface area contributed by atoms with Crippen molar-refractivity contribution in [1.29, 1.82) is 0 Å². The van der Waals surface area contributed by atoms with Crippen molar-refractivity contribution in [3.8, 4) is 0 Å². The molecule has 2 unspecified atom stereocenters. The van der Waals surface area contributed by atoms with Gasteiger partial charge in [-0.05, 0) is 59.8 Å². The summed E-state index contributed by atoms with van der Waals surface area (Å²) in [6.45, 7) is 0. The molecular weight excluding hydrogens is 675 g/mol. The van der Waals surface area contributed by atoms with Gasteiger partial charge in [0.15, 0.2) is 0 Å². The molecule has 0 fully saturated rings. The van der Waals surface area contributed by atoms with Gasteiger partial charge in [-0.2, -0.15) is 15.4 Å². The summed E-state index contributed by atoms with van der Waals surface area (Å²) in [5, 5.41) is 16.5. The molecule has 0 aliphatic carbocycles. The lowest BCUT2D eigenvalue weighted by Gasteiger charge is -2.58. The number of thiazole rings is 1. The first-order valence-corrected chi connectivity index (χ1v) is 18.3. The molecule has 0 saturated heterocycles. The van der Waals surface area contributed by atoms with Crippen LogP contribution in [0.4, 0.5) is 11.5 Å². The van der Waals surface area contributed by atoms with Crippen LogP contribution >= 0.6 is 11.3 Å². The molecule has 10 heteroatoms. The Morgan fingerprint density at radius 1 is 0.642 bits per heavy atom. The highest BCUT2D eigenvalue weighted by Gasteiger charge is 2.67. The van der Waals surface area contributed by atoms with E-state index in [1.165, 1.54) is 0 Å². The highest BCUT2D eigenvalue weighted by atomic mass is 32.1. The van der Waals surface area contributed by atoms with Crippen LogP contribution in [0.1, 0.15) is 27.7 Å². The molecule has 10 aromatic rings. The summed E-state index contributed by atoms with van der Waals surface area (Å²) in [5.41, 5.74) is 4.84. The van der Waals surface area contributed by atoms with E-state index < -0.39 is 11.0 Å². The topological polar surface area (TPSA) is 112 Å². The van der Waals surface area contributed by atoms with Gasteiger partial charge in [0.1, 0.15) is 38.6 Å². The number of nitrogens with zero attached hydrogens (tertiary/aromatic N) is 7. The molecular formula is C43H29N9S. The van der Waals surface area contributed by atoms with E-state index in [-0.39, 0.29) is 0 Å². The number of nitrogens with one attached hydrogen (secondary N) is 2. The summed E-state index contributed by atoms with van der Waals surface area (Å²) in [4.78, 5) is 27.7. The summed E-state index contributed by atoms with van der Waals surface area (Å²) in [7, 11) is 0. The lowest BCUT2D eigenvalue weighted by molar-refractivity contribution is 0.274. The van der Waals surface area contributed by atoms with Crippen LogP contribution in [-0.4, -0.2) is 40.3 Å². The largest absolute Gasteiger partial charge is 0.348 e. The van der Waals surface area contributed by atoms with Crippen molar-refractivity contribution in [3.63, 3.8) is 0 Å². The first kappa shape index (κ1) is 29.9. The fourth-order valence-corrected chi connectivity index (χ4v) is 9.82. The molecule has 0 spiro atoms. The van der Waals surface area contributed by atoms with E-state index in [9.17, 15) is 0 Å². The fraction of sp³-hybridized carbons (Fsp3) is 0.0698. The van der Waals surface area contributed by atoms with Crippen molar-refractivity contribution in [1.82, 2.24) is 40.3 Å². The Bertz CT molecular complexity index is 2950. The van der Waals surface area contributed by atoms with Crippen molar-refractivity contribution < 1.29 is 0 Å². The number of hydrogen-bond donors (Lipinski definition) is 2. The van der Waals surface area contributed by atoms with Gasteiger partial charge in [-0.25, -0.2) is 19.9 Å². The van der Waals surface area contributed by atoms with Crippen molar-refractivity contribution >= 4 is 65.8 Å². The predicted molar refractivity (Wildman–Crippen MR) is 209 cm³/mol. The van der Waals surface area contributed by atoms with Gasteiger partial charge in [0, 0.05) is 40.6 Å². The molecule has 0 saturated carbocycles. The second-order valence-electron chi connectivity index (χ2n) is 13.4. The van der Waals surface area contributed by atoms with Crippen LogP contribution in [0.5, 0.6) is 0 Å². The second kappa shape index (κ2) is 11.4. The van der Waals surface area contributed by atoms with Crippen LogP contribution < -0.4 is 4.90 Å². The molecule has 252 valence electrons. The number of aromatic nitrogens is 8. The van der Waals surface area contributed by atoms with Crippen LogP contribution in [0.15, 0.2) is 152 Å². The van der Waals surface area contributed by atoms with Gasteiger partial charge in [-0.1, -0.05) is 91.0 Å². The Balaban J connectivity index is 1.43. The molecule has 9 nitrogen and oxygen atoms in total. The summed E-state index contributed by atoms with van der Waals surface area (Å²) >= 11 is 1.69. The van der Waals surface area contributed by atoms with Gasteiger partial charge in [0.25, 0.3) is 0 Å². The molecule has 0 bridgehead atoms. The third kappa shape index (κ3) is 4.12. The minimum atomic E-state index is -1.22. The monoisotopic (exact) mass is 703 g/mol. The molecule has 2 N–H and O–H groups in total. The smallest absolute Gasteiger partial charge is 0.142 e. The van der Waals surface area contributed by atoms with E-state index >= 15 is 0 Å². The molecule has 5 aromatic carbocycles. The third-order valence-corrected chi connectivity index (χ3v) is 12.0. The van der Waals surface area contributed by atoms with Gasteiger partial charge < -0.3 is 9.88 Å². The van der Waals surface area contributed by atoms with Gasteiger partial charge in [-0.3, -0.25) is 0 Å². The number of anilines is 2. The van der Waals surface area contributed by atoms with Crippen LogP contribution in [0, 0.1) is 0 Å². The fourth-order valence-electron chi connectivity index (χ4n) is 8.61. The highest BCUT2D eigenvalue weighted by Crippen LogP contribution is 2.63. The van der Waals surface area contributed by atoms with Crippen molar-refractivity contribution in [2.24, 2.45) is 0 Å². The lowest BCUT2D eigenvalue weighted by Crippen LogP contribution is -2.64. The summed E-state index contributed by atoms with van der Waals surface area (Å²) in [6, 6.07) is 46.3. The van der Waals surface area contributed by atoms with Gasteiger partial charge in [0.2, 0.25) is 0 Å². The first-order valence-electron chi connectivity index (χ1n) is 17.5. The molecule has 6 heterocycles. The van der Waals surface area contributed by atoms with Crippen LogP contribution in [0.2, 0.25) is 0 Å². The van der Waals surface area contributed by atoms with Crippen molar-refractivity contribution in [3.05, 3.63) is 180 Å². The van der Waals surface area contributed by atoms with E-state index in [0.29, 0.717) is 6.42 Å². The zero-order valence-corrected chi connectivity index (χ0v) is 29.0. The van der Waals surface area contributed by atoms with E-state index in [2.05, 4.69) is 129 Å². The number of rotatable bonds is 5. The van der Waals surface area contributed by atoms with E-state index in [4.69, 9.17) is 25.0 Å². The van der Waals surface area contributed by atoms with Crippen LogP contribution in [0.25, 0.3) is 42.9 Å². The van der Waals surface area contributed by atoms with E-state index in [0.717, 1.165) is 82.1 Å². The van der Waals surface area contributed by atoms with E-state index in [1.807, 2.05) is 42.9 Å². The average molecular weight is 704 g/mol. The number of aromatic amines is 2. The van der Waals surface area contributed by atoms with Crippen LogP contribution in [-0.2, 0) is 17.4 Å². The quantitative estimate of drug-likeness (QED) is 0.184. The van der Waals surface area contributed by atoms with Gasteiger partial charge in [-0.15, -0.1) is 11.3 Å². The molecule has 5 aromatic heterocycles. The number of benzene rings is 5. The van der Waals surface area contributed by atoms with Gasteiger partial charge in [0.05, 0.1) is 21.4 Å². The summed E-state index contributed by atoms with van der Waals surface area (Å²) in [6.07, 6.45) is 6.18. The molecule has 1 aliphatic rings. The Morgan fingerprint density at radius 3 is 2.36 bits per heavy atom. The molecule has 1 aliphatic heterocycles. The van der Waals surface area contributed by atoms with Crippen LogP contribution in [0.3, 0.4) is 0 Å².